The Morgan fingerprint density at radius 1 is 1.41 bits per heavy atom. The Kier molecular flexibility index (Phi) is 3.72. The summed E-state index contributed by atoms with van der Waals surface area (Å²) in [6, 6.07) is 6.01. The topological polar surface area (TPSA) is 34.4 Å². The minimum atomic E-state index is -0.0429. The second-order valence-electron chi connectivity index (χ2n) is 4.04. The molecule has 0 aliphatic rings. The molecule has 0 saturated heterocycles. The minimum Gasteiger partial charge on any atom is -0.392 e. The molecule has 1 aromatic heterocycles. The van der Waals surface area contributed by atoms with E-state index in [-0.39, 0.29) is 6.61 Å². The lowest BCUT2D eigenvalue weighted by Crippen LogP contribution is -2.04. The van der Waals surface area contributed by atoms with Crippen LogP contribution in [-0.4, -0.2) is 23.4 Å². The Labute approximate surface area is 106 Å². The van der Waals surface area contributed by atoms with Gasteiger partial charge in [0.15, 0.2) is 0 Å². The highest BCUT2D eigenvalue weighted by atomic mass is 35.5. The van der Waals surface area contributed by atoms with Crippen LogP contribution in [0.15, 0.2) is 18.2 Å². The van der Waals surface area contributed by atoms with E-state index in [1.165, 1.54) is 0 Å². The average molecular weight is 254 g/mol. The molecule has 1 heterocycles. The number of nitrogens with zero attached hydrogens (tertiary/aromatic N) is 1. The van der Waals surface area contributed by atoms with Crippen molar-refractivity contribution in [1.82, 2.24) is 4.57 Å². The van der Waals surface area contributed by atoms with Crippen LogP contribution in [-0.2, 0) is 17.9 Å². The van der Waals surface area contributed by atoms with Crippen LogP contribution in [0.2, 0.25) is 5.15 Å². The van der Waals surface area contributed by atoms with E-state index in [2.05, 4.69) is 0 Å². The SMILES string of the molecule is COCCn1c(Cl)c(CO)c2cccc(C)c21. The zero-order valence-electron chi connectivity index (χ0n) is 10.0. The number of ether oxygens (including phenoxy) is 1. The molecule has 0 radical (unpaired) electrons. The number of hydrogen-bond acceptors (Lipinski definition) is 2. The largest absolute Gasteiger partial charge is 0.392 e. The van der Waals surface area contributed by atoms with E-state index in [1.807, 2.05) is 29.7 Å². The van der Waals surface area contributed by atoms with E-state index in [4.69, 9.17) is 16.3 Å². The zero-order chi connectivity index (χ0) is 12.4. The van der Waals surface area contributed by atoms with Gasteiger partial charge < -0.3 is 14.4 Å². The summed E-state index contributed by atoms with van der Waals surface area (Å²) in [5.74, 6) is 0. The van der Waals surface area contributed by atoms with Crippen molar-refractivity contribution in [2.45, 2.75) is 20.1 Å². The molecule has 0 atom stereocenters. The van der Waals surface area contributed by atoms with Gasteiger partial charge in [-0.05, 0) is 12.5 Å². The summed E-state index contributed by atoms with van der Waals surface area (Å²) >= 11 is 6.31. The number of aryl methyl sites for hydroxylation is 1. The van der Waals surface area contributed by atoms with Crippen LogP contribution < -0.4 is 0 Å². The van der Waals surface area contributed by atoms with E-state index < -0.39 is 0 Å². The maximum Gasteiger partial charge on any atom is 0.115 e. The first kappa shape index (κ1) is 12.4. The van der Waals surface area contributed by atoms with Crippen LogP contribution in [0.1, 0.15) is 11.1 Å². The van der Waals surface area contributed by atoms with Gasteiger partial charge in [0.25, 0.3) is 0 Å². The van der Waals surface area contributed by atoms with Crippen LogP contribution in [0, 0.1) is 6.92 Å². The summed E-state index contributed by atoms with van der Waals surface area (Å²) in [7, 11) is 1.67. The average Bonchev–Trinajstić information content (AvgIpc) is 2.60. The standard InChI is InChI=1S/C13H16ClNO2/c1-9-4-3-5-10-11(8-16)13(14)15(12(9)10)6-7-17-2/h3-5,16H,6-8H2,1-2H3. The van der Waals surface area contributed by atoms with Crippen LogP contribution in [0.3, 0.4) is 0 Å². The molecule has 0 fully saturated rings. The lowest BCUT2D eigenvalue weighted by atomic mass is 10.1. The van der Waals surface area contributed by atoms with Gasteiger partial charge in [-0.15, -0.1) is 0 Å². The van der Waals surface area contributed by atoms with Crippen molar-refractivity contribution < 1.29 is 9.84 Å². The lowest BCUT2D eigenvalue weighted by molar-refractivity contribution is 0.188. The molecule has 3 nitrogen and oxygen atoms in total. The number of para-hydroxylation sites is 1. The van der Waals surface area contributed by atoms with E-state index in [0.29, 0.717) is 18.3 Å². The number of hydrogen-bond donors (Lipinski definition) is 1. The number of rotatable bonds is 4. The maximum absolute atomic E-state index is 9.42. The highest BCUT2D eigenvalue weighted by Crippen LogP contribution is 2.31. The maximum atomic E-state index is 9.42. The van der Waals surface area contributed by atoms with Crippen molar-refractivity contribution in [2.24, 2.45) is 0 Å². The molecule has 0 saturated carbocycles. The Hall–Kier alpha value is -1.03. The fraction of sp³-hybridized carbons (Fsp3) is 0.385. The number of aliphatic hydroxyl groups is 1. The first-order chi connectivity index (χ1) is 8.20. The molecule has 2 rings (SSSR count). The summed E-state index contributed by atoms with van der Waals surface area (Å²) < 4.78 is 7.09. The summed E-state index contributed by atoms with van der Waals surface area (Å²) in [6.07, 6.45) is 0. The third-order valence-electron chi connectivity index (χ3n) is 3.00. The van der Waals surface area contributed by atoms with E-state index >= 15 is 0 Å². The molecular formula is C13H16ClNO2. The molecule has 0 unspecified atom stereocenters. The van der Waals surface area contributed by atoms with Gasteiger partial charge in [0.05, 0.1) is 18.7 Å². The van der Waals surface area contributed by atoms with Crippen molar-refractivity contribution in [2.75, 3.05) is 13.7 Å². The first-order valence-electron chi connectivity index (χ1n) is 5.56. The fourth-order valence-electron chi connectivity index (χ4n) is 2.18. The van der Waals surface area contributed by atoms with E-state index in [0.717, 1.165) is 22.0 Å². The molecule has 0 amide bonds. The molecule has 4 heteroatoms. The van der Waals surface area contributed by atoms with Crippen molar-refractivity contribution in [1.29, 1.82) is 0 Å². The second-order valence-corrected chi connectivity index (χ2v) is 4.40. The van der Waals surface area contributed by atoms with Crippen molar-refractivity contribution in [3.63, 3.8) is 0 Å². The molecule has 1 N–H and O–H groups in total. The molecule has 1 aromatic carbocycles. The highest BCUT2D eigenvalue weighted by molar-refractivity contribution is 6.32. The fourth-order valence-corrected chi connectivity index (χ4v) is 2.51. The number of aromatic nitrogens is 1. The third-order valence-corrected chi connectivity index (χ3v) is 3.43. The van der Waals surface area contributed by atoms with Crippen LogP contribution >= 0.6 is 11.6 Å². The quantitative estimate of drug-likeness (QED) is 0.909. The summed E-state index contributed by atoms with van der Waals surface area (Å²) in [5, 5.41) is 11.0. The molecular weight excluding hydrogens is 238 g/mol. The van der Waals surface area contributed by atoms with Crippen LogP contribution in [0.4, 0.5) is 0 Å². The third kappa shape index (κ3) is 2.06. The Morgan fingerprint density at radius 3 is 2.82 bits per heavy atom. The molecule has 0 aliphatic carbocycles. The minimum absolute atomic E-state index is 0.0429. The highest BCUT2D eigenvalue weighted by Gasteiger charge is 2.15. The molecule has 0 bridgehead atoms. The lowest BCUT2D eigenvalue weighted by Gasteiger charge is -2.07. The number of fused-ring (bicyclic) bond motifs is 1. The zero-order valence-corrected chi connectivity index (χ0v) is 10.8. The molecule has 0 spiro atoms. The summed E-state index contributed by atoms with van der Waals surface area (Å²) in [6.45, 7) is 3.29. The summed E-state index contributed by atoms with van der Waals surface area (Å²) in [4.78, 5) is 0. The monoisotopic (exact) mass is 253 g/mol. The van der Waals surface area contributed by atoms with Gasteiger partial charge in [-0.3, -0.25) is 0 Å². The van der Waals surface area contributed by atoms with Gasteiger partial charge in [0.2, 0.25) is 0 Å². The van der Waals surface area contributed by atoms with Gasteiger partial charge in [-0.1, -0.05) is 29.8 Å². The van der Waals surface area contributed by atoms with Crippen molar-refractivity contribution in [3.8, 4) is 0 Å². The van der Waals surface area contributed by atoms with Crippen LogP contribution in [0.25, 0.3) is 10.9 Å². The van der Waals surface area contributed by atoms with Crippen LogP contribution in [0.5, 0.6) is 0 Å². The number of aliphatic hydroxyl groups excluding tert-OH is 1. The number of methoxy groups -OCH3 is 1. The Balaban J connectivity index is 2.67. The Bertz CT molecular complexity index is 534. The molecule has 2 aromatic rings. The normalized spacial score (nSPS) is 11.3. The van der Waals surface area contributed by atoms with E-state index in [1.54, 1.807) is 7.11 Å². The predicted octanol–water partition coefficient (Wildman–Crippen LogP) is 2.74. The molecule has 92 valence electrons. The van der Waals surface area contributed by atoms with Gasteiger partial charge in [0.1, 0.15) is 5.15 Å². The van der Waals surface area contributed by atoms with E-state index in [9.17, 15) is 5.11 Å². The van der Waals surface area contributed by atoms with Gasteiger partial charge in [-0.2, -0.15) is 0 Å². The molecule has 0 aliphatic heterocycles. The van der Waals surface area contributed by atoms with Gasteiger partial charge in [-0.25, -0.2) is 0 Å². The Morgan fingerprint density at radius 2 is 2.18 bits per heavy atom. The smallest absolute Gasteiger partial charge is 0.115 e. The van der Waals surface area contributed by atoms with Crippen molar-refractivity contribution >= 4 is 22.5 Å². The predicted molar refractivity (Wildman–Crippen MR) is 69.5 cm³/mol. The van der Waals surface area contributed by atoms with Crippen molar-refractivity contribution in [3.05, 3.63) is 34.5 Å². The number of benzene rings is 1. The van der Waals surface area contributed by atoms with Gasteiger partial charge in [0, 0.05) is 24.6 Å². The molecule has 17 heavy (non-hydrogen) atoms. The summed E-state index contributed by atoms with van der Waals surface area (Å²) in [5.41, 5.74) is 3.03. The first-order valence-corrected chi connectivity index (χ1v) is 5.94. The van der Waals surface area contributed by atoms with Gasteiger partial charge >= 0.3 is 0 Å². The number of halogens is 1. The second kappa shape index (κ2) is 5.08.